The average Bonchev–Trinajstić information content (AvgIpc) is 3.65. The van der Waals surface area contributed by atoms with Crippen molar-refractivity contribution >= 4 is 22.9 Å². The van der Waals surface area contributed by atoms with Crippen molar-refractivity contribution < 1.29 is 36.1 Å². The van der Waals surface area contributed by atoms with Crippen LogP contribution in [0.15, 0.2) is 62.7 Å². The van der Waals surface area contributed by atoms with Crippen molar-refractivity contribution in [2.75, 3.05) is 7.05 Å². The van der Waals surface area contributed by atoms with E-state index in [1.807, 2.05) is 0 Å². The average molecular weight is 627 g/mol. The Bertz CT molecular complexity index is 1960. The summed E-state index contributed by atoms with van der Waals surface area (Å²) in [5.74, 6) is -1.74. The number of hydrogen-bond acceptors (Lipinski definition) is 8. The maximum absolute atomic E-state index is 13.6. The van der Waals surface area contributed by atoms with Crippen molar-refractivity contribution in [1.29, 1.82) is 0 Å². The van der Waals surface area contributed by atoms with E-state index in [-0.39, 0.29) is 50.6 Å². The van der Waals surface area contributed by atoms with Gasteiger partial charge in [-0.25, -0.2) is 9.37 Å². The Morgan fingerprint density at radius 1 is 1.04 bits per heavy atom. The quantitative estimate of drug-likeness (QED) is 0.231. The minimum atomic E-state index is -4.53. The third-order valence-corrected chi connectivity index (χ3v) is 7.05. The van der Waals surface area contributed by atoms with Gasteiger partial charge >= 0.3 is 6.18 Å². The highest BCUT2D eigenvalue weighted by Gasteiger charge is 2.31. The highest BCUT2D eigenvalue weighted by molar-refractivity contribution is 6.11. The van der Waals surface area contributed by atoms with Crippen molar-refractivity contribution in [3.8, 4) is 22.5 Å². The van der Waals surface area contributed by atoms with Crippen molar-refractivity contribution in [2.24, 2.45) is 7.05 Å². The van der Waals surface area contributed by atoms with Crippen LogP contribution in [-0.4, -0.2) is 44.7 Å². The van der Waals surface area contributed by atoms with Crippen molar-refractivity contribution in [3.05, 3.63) is 87.8 Å². The number of nitrogens with one attached hydrogen (secondary N) is 2. The number of fused-ring (bicyclic) bond motifs is 1. The molecule has 2 N–H and O–H groups in total. The van der Waals surface area contributed by atoms with E-state index in [9.17, 15) is 31.9 Å². The molecule has 0 radical (unpaired) electrons. The number of pyridine rings is 2. The normalized spacial score (nSPS) is 12.0. The highest BCUT2D eigenvalue weighted by Crippen LogP contribution is 2.37. The number of hydrogen-bond donors (Lipinski definition) is 2. The Morgan fingerprint density at radius 2 is 1.76 bits per heavy atom. The summed E-state index contributed by atoms with van der Waals surface area (Å²) >= 11 is 0. The molecule has 4 heterocycles. The number of amides is 2. The van der Waals surface area contributed by atoms with Gasteiger partial charge in [0.05, 0.1) is 22.2 Å². The number of carbonyl (C=O) groups excluding carboxylic acids is 2. The summed E-state index contributed by atoms with van der Waals surface area (Å²) in [6.07, 6.45) is -3.90. The Balaban J connectivity index is 1.70. The second kappa shape index (κ2) is 11.6. The molecule has 0 unspecified atom stereocenters. The summed E-state index contributed by atoms with van der Waals surface area (Å²) in [5.41, 5.74) is -1.68. The molecule has 0 spiro atoms. The van der Waals surface area contributed by atoms with E-state index in [0.717, 1.165) is 11.0 Å². The summed E-state index contributed by atoms with van der Waals surface area (Å²) in [4.78, 5) is 47.8. The standard InChI is InChI=1S/C30H26F4N6O5/c1-29(2,28-36-14-44-39-28)38-24(41)20-11-16(13-40(4)27(20)43)18-12-19-22(25(42)35-3)23(15-5-7-17(31)8-6-15)45-26(19)37-21(18)9-10-30(32,33)34/h5-8,11-14H,9-10H2,1-4H3,(H,35,42)(H,38,41). The van der Waals surface area contributed by atoms with Crippen LogP contribution < -0.4 is 16.2 Å². The predicted octanol–water partition coefficient (Wildman–Crippen LogP) is 4.90. The number of benzene rings is 1. The summed E-state index contributed by atoms with van der Waals surface area (Å²) in [5, 5.41) is 9.07. The van der Waals surface area contributed by atoms with Gasteiger partial charge in [0, 0.05) is 43.4 Å². The number of halogens is 4. The van der Waals surface area contributed by atoms with E-state index in [4.69, 9.17) is 8.94 Å². The Morgan fingerprint density at radius 3 is 2.38 bits per heavy atom. The third-order valence-electron chi connectivity index (χ3n) is 7.05. The number of rotatable bonds is 8. The maximum atomic E-state index is 13.6. The predicted molar refractivity (Wildman–Crippen MR) is 153 cm³/mol. The highest BCUT2D eigenvalue weighted by atomic mass is 19.4. The van der Waals surface area contributed by atoms with E-state index < -0.39 is 47.7 Å². The van der Waals surface area contributed by atoms with Gasteiger partial charge in [0.25, 0.3) is 17.4 Å². The number of aromatic nitrogens is 4. The number of alkyl halides is 3. The third kappa shape index (κ3) is 6.32. The smallest absolute Gasteiger partial charge is 0.389 e. The van der Waals surface area contributed by atoms with Crippen LogP contribution in [0.1, 0.15) is 52.5 Å². The molecule has 11 nitrogen and oxygen atoms in total. The van der Waals surface area contributed by atoms with E-state index >= 15 is 0 Å². The van der Waals surface area contributed by atoms with Gasteiger partial charge in [0.2, 0.25) is 12.1 Å². The second-order valence-electron chi connectivity index (χ2n) is 10.7. The van der Waals surface area contributed by atoms with Gasteiger partial charge in [-0.2, -0.15) is 18.2 Å². The molecule has 234 valence electrons. The van der Waals surface area contributed by atoms with Gasteiger partial charge < -0.3 is 24.1 Å². The molecule has 0 saturated heterocycles. The number of furan rings is 1. The summed E-state index contributed by atoms with van der Waals surface area (Å²) in [6, 6.07) is 7.78. The molecule has 4 aromatic heterocycles. The minimum absolute atomic E-state index is 0.0138. The first-order valence-corrected chi connectivity index (χ1v) is 13.5. The van der Waals surface area contributed by atoms with E-state index in [0.29, 0.717) is 5.56 Å². The van der Waals surface area contributed by atoms with Crippen molar-refractivity contribution in [2.45, 2.75) is 38.4 Å². The maximum Gasteiger partial charge on any atom is 0.389 e. The fraction of sp³-hybridized carbons (Fsp3) is 0.267. The molecule has 5 rings (SSSR count). The first kappa shape index (κ1) is 31.1. The lowest BCUT2D eigenvalue weighted by Gasteiger charge is -2.22. The molecule has 1 aromatic carbocycles. The first-order chi connectivity index (χ1) is 21.2. The lowest BCUT2D eigenvalue weighted by Crippen LogP contribution is -2.44. The molecule has 5 aromatic rings. The monoisotopic (exact) mass is 626 g/mol. The van der Waals surface area contributed by atoms with Crippen LogP contribution in [-0.2, 0) is 19.0 Å². The fourth-order valence-corrected chi connectivity index (χ4v) is 4.79. The fourth-order valence-electron chi connectivity index (χ4n) is 4.79. The Labute approximate surface area is 252 Å². The van der Waals surface area contributed by atoms with Crippen LogP contribution in [0.3, 0.4) is 0 Å². The molecule has 0 saturated carbocycles. The van der Waals surface area contributed by atoms with Gasteiger partial charge in [-0.3, -0.25) is 14.4 Å². The molecule has 0 aliphatic heterocycles. The summed E-state index contributed by atoms with van der Waals surface area (Å²) < 4.78 is 65.5. The molecular formula is C30H26F4N6O5. The second-order valence-corrected chi connectivity index (χ2v) is 10.7. The van der Waals surface area contributed by atoms with Crippen molar-refractivity contribution in [1.82, 2.24) is 30.3 Å². The molecule has 0 fully saturated rings. The molecule has 0 aliphatic carbocycles. The van der Waals surface area contributed by atoms with Gasteiger partial charge in [-0.1, -0.05) is 5.16 Å². The molecule has 0 atom stereocenters. The molecule has 45 heavy (non-hydrogen) atoms. The zero-order chi connectivity index (χ0) is 32.7. The van der Waals surface area contributed by atoms with E-state index in [2.05, 4.69) is 25.8 Å². The number of carbonyl (C=O) groups is 2. The molecule has 0 aliphatic rings. The Kier molecular flexibility index (Phi) is 8.04. The first-order valence-electron chi connectivity index (χ1n) is 13.5. The summed E-state index contributed by atoms with van der Waals surface area (Å²) in [7, 11) is 2.77. The number of aryl methyl sites for hydroxylation is 2. The molecule has 0 bridgehead atoms. The van der Waals surface area contributed by atoms with Gasteiger partial charge in [0.1, 0.15) is 17.1 Å². The van der Waals surface area contributed by atoms with Crippen LogP contribution >= 0.6 is 0 Å². The van der Waals surface area contributed by atoms with Crippen LogP contribution in [0.5, 0.6) is 0 Å². The van der Waals surface area contributed by atoms with E-state index in [1.54, 1.807) is 13.8 Å². The zero-order valence-corrected chi connectivity index (χ0v) is 24.4. The van der Waals surface area contributed by atoms with Crippen LogP contribution in [0.25, 0.3) is 33.6 Å². The van der Waals surface area contributed by atoms with Crippen molar-refractivity contribution in [3.63, 3.8) is 0 Å². The zero-order valence-electron chi connectivity index (χ0n) is 24.4. The lowest BCUT2D eigenvalue weighted by atomic mass is 9.97. The van der Waals surface area contributed by atoms with Gasteiger partial charge in [0.15, 0.2) is 5.82 Å². The lowest BCUT2D eigenvalue weighted by molar-refractivity contribution is -0.134. The van der Waals surface area contributed by atoms with Gasteiger partial charge in [-0.05, 0) is 56.7 Å². The molecule has 2 amide bonds. The van der Waals surface area contributed by atoms with E-state index in [1.165, 1.54) is 56.7 Å². The van der Waals surface area contributed by atoms with Gasteiger partial charge in [-0.15, -0.1) is 0 Å². The molecular weight excluding hydrogens is 600 g/mol. The topological polar surface area (TPSA) is 145 Å². The molecule has 15 heteroatoms. The largest absolute Gasteiger partial charge is 0.437 e. The van der Waals surface area contributed by atoms with Crippen LogP contribution in [0, 0.1) is 5.82 Å². The Hall–Kier alpha value is -5.34. The SMILES string of the molecule is CNC(=O)c1c(-c2ccc(F)cc2)oc2nc(CCC(F)(F)F)c(-c3cc(C(=O)NC(C)(C)c4ncon4)c(=O)n(C)c3)cc12. The minimum Gasteiger partial charge on any atom is -0.437 e. The number of nitrogens with zero attached hydrogens (tertiary/aromatic N) is 4. The van der Waals surface area contributed by atoms with Crippen LogP contribution in [0.2, 0.25) is 0 Å². The van der Waals surface area contributed by atoms with Crippen LogP contribution in [0.4, 0.5) is 17.6 Å². The summed E-state index contributed by atoms with van der Waals surface area (Å²) in [6.45, 7) is 3.18.